The Morgan fingerprint density at radius 3 is 2.63 bits per heavy atom. The summed E-state index contributed by atoms with van der Waals surface area (Å²) in [6, 6.07) is 16.7. The summed E-state index contributed by atoms with van der Waals surface area (Å²) in [5.41, 5.74) is 1.37. The van der Waals surface area contributed by atoms with Gasteiger partial charge in [0.25, 0.3) is 0 Å². The maximum absolute atomic E-state index is 5.11. The maximum atomic E-state index is 5.11. The molecular weight excluding hydrogens is 236 g/mol. The summed E-state index contributed by atoms with van der Waals surface area (Å²) < 4.78 is 5.11. The molecule has 1 aromatic heterocycles. The molecule has 1 unspecified atom stereocenters. The van der Waals surface area contributed by atoms with E-state index >= 15 is 0 Å². The number of pyridine rings is 1. The minimum atomic E-state index is 0.375. The molecule has 0 fully saturated rings. The number of hydrogen-bond acceptors (Lipinski definition) is 3. The number of aromatic nitrogens is 1. The zero-order valence-corrected chi connectivity index (χ0v) is 11.5. The van der Waals surface area contributed by atoms with Crippen LogP contribution in [-0.4, -0.2) is 18.1 Å². The van der Waals surface area contributed by atoms with E-state index in [9.17, 15) is 0 Å². The Morgan fingerprint density at radius 2 is 1.89 bits per heavy atom. The Labute approximate surface area is 114 Å². The average molecular weight is 256 g/mol. The van der Waals surface area contributed by atoms with Crippen molar-refractivity contribution in [1.29, 1.82) is 0 Å². The summed E-state index contributed by atoms with van der Waals surface area (Å²) in [4.78, 5) is 4.35. The van der Waals surface area contributed by atoms with E-state index in [-0.39, 0.29) is 0 Å². The molecule has 0 saturated carbocycles. The highest BCUT2D eigenvalue weighted by molar-refractivity contribution is 5.37. The van der Waals surface area contributed by atoms with Gasteiger partial charge in [0.2, 0.25) is 5.88 Å². The van der Waals surface area contributed by atoms with Crippen molar-refractivity contribution >= 4 is 5.82 Å². The molecule has 1 heterocycles. The SMILES string of the molecule is COc1cccc(NC(C)CCc2ccccc2)n1. The normalized spacial score (nSPS) is 11.9. The van der Waals surface area contributed by atoms with Gasteiger partial charge in [0.15, 0.2) is 0 Å². The van der Waals surface area contributed by atoms with Gasteiger partial charge in [-0.2, -0.15) is 4.98 Å². The average Bonchev–Trinajstić information content (AvgIpc) is 2.46. The van der Waals surface area contributed by atoms with Gasteiger partial charge in [0.05, 0.1) is 7.11 Å². The number of anilines is 1. The van der Waals surface area contributed by atoms with Gasteiger partial charge in [-0.3, -0.25) is 0 Å². The minimum Gasteiger partial charge on any atom is -0.481 e. The number of rotatable bonds is 6. The van der Waals surface area contributed by atoms with Crippen molar-refractivity contribution in [3.63, 3.8) is 0 Å². The molecule has 0 bridgehead atoms. The van der Waals surface area contributed by atoms with E-state index in [0.717, 1.165) is 18.7 Å². The predicted octanol–water partition coefficient (Wildman–Crippen LogP) is 3.52. The maximum Gasteiger partial charge on any atom is 0.214 e. The van der Waals surface area contributed by atoms with Gasteiger partial charge in [-0.1, -0.05) is 36.4 Å². The Morgan fingerprint density at radius 1 is 1.11 bits per heavy atom. The van der Waals surface area contributed by atoms with Crippen molar-refractivity contribution in [3.8, 4) is 5.88 Å². The monoisotopic (exact) mass is 256 g/mol. The lowest BCUT2D eigenvalue weighted by Crippen LogP contribution is -2.16. The van der Waals surface area contributed by atoms with Crippen LogP contribution < -0.4 is 10.1 Å². The van der Waals surface area contributed by atoms with Crippen molar-refractivity contribution in [2.24, 2.45) is 0 Å². The number of aryl methyl sites for hydroxylation is 1. The van der Waals surface area contributed by atoms with Gasteiger partial charge < -0.3 is 10.1 Å². The highest BCUT2D eigenvalue weighted by atomic mass is 16.5. The van der Waals surface area contributed by atoms with Crippen molar-refractivity contribution in [2.45, 2.75) is 25.8 Å². The van der Waals surface area contributed by atoms with Crippen LogP contribution >= 0.6 is 0 Å². The highest BCUT2D eigenvalue weighted by Gasteiger charge is 2.04. The van der Waals surface area contributed by atoms with Crippen LogP contribution in [0.15, 0.2) is 48.5 Å². The van der Waals surface area contributed by atoms with Crippen LogP contribution in [0.2, 0.25) is 0 Å². The molecule has 0 aliphatic heterocycles. The fourth-order valence-corrected chi connectivity index (χ4v) is 1.96. The van der Waals surface area contributed by atoms with Crippen molar-refractivity contribution < 1.29 is 4.74 Å². The van der Waals surface area contributed by atoms with Crippen LogP contribution in [0, 0.1) is 0 Å². The van der Waals surface area contributed by atoms with Crippen LogP contribution in [0.5, 0.6) is 5.88 Å². The molecule has 100 valence electrons. The molecule has 3 heteroatoms. The van der Waals surface area contributed by atoms with Crippen LogP contribution in [0.1, 0.15) is 18.9 Å². The molecule has 2 rings (SSSR count). The van der Waals surface area contributed by atoms with E-state index in [1.54, 1.807) is 7.11 Å². The molecule has 19 heavy (non-hydrogen) atoms. The molecule has 2 aromatic rings. The summed E-state index contributed by atoms with van der Waals surface area (Å²) in [5, 5.41) is 3.40. The van der Waals surface area contributed by atoms with Gasteiger partial charge in [0.1, 0.15) is 5.82 Å². The molecular formula is C16H20N2O. The third-order valence-electron chi connectivity index (χ3n) is 3.04. The Balaban J connectivity index is 1.85. The number of methoxy groups -OCH3 is 1. The topological polar surface area (TPSA) is 34.1 Å². The van der Waals surface area contributed by atoms with Crippen LogP contribution in [0.3, 0.4) is 0 Å². The third kappa shape index (κ3) is 4.28. The second kappa shape index (κ2) is 6.78. The highest BCUT2D eigenvalue weighted by Crippen LogP contribution is 2.13. The number of ether oxygens (including phenoxy) is 1. The molecule has 1 N–H and O–H groups in total. The van der Waals surface area contributed by atoms with Crippen LogP contribution in [0.4, 0.5) is 5.82 Å². The molecule has 0 amide bonds. The first-order valence-corrected chi connectivity index (χ1v) is 6.59. The van der Waals surface area contributed by atoms with Gasteiger partial charge in [-0.25, -0.2) is 0 Å². The number of hydrogen-bond donors (Lipinski definition) is 1. The van der Waals surface area contributed by atoms with Gasteiger partial charge in [-0.05, 0) is 31.4 Å². The molecule has 0 radical (unpaired) electrons. The molecule has 3 nitrogen and oxygen atoms in total. The lowest BCUT2D eigenvalue weighted by molar-refractivity contribution is 0.398. The third-order valence-corrected chi connectivity index (χ3v) is 3.04. The fraction of sp³-hybridized carbons (Fsp3) is 0.312. The molecule has 1 aromatic carbocycles. The van der Waals surface area contributed by atoms with E-state index in [4.69, 9.17) is 4.74 Å². The minimum absolute atomic E-state index is 0.375. The second-order valence-electron chi connectivity index (χ2n) is 4.63. The largest absolute Gasteiger partial charge is 0.481 e. The first-order chi connectivity index (χ1) is 9.28. The lowest BCUT2D eigenvalue weighted by Gasteiger charge is -2.14. The van der Waals surface area contributed by atoms with Crippen molar-refractivity contribution in [2.75, 3.05) is 12.4 Å². The van der Waals surface area contributed by atoms with E-state index in [1.807, 2.05) is 24.3 Å². The molecule has 1 atom stereocenters. The number of nitrogens with zero attached hydrogens (tertiary/aromatic N) is 1. The van der Waals surface area contributed by atoms with E-state index in [2.05, 4.69) is 41.5 Å². The molecule has 0 aliphatic rings. The zero-order chi connectivity index (χ0) is 13.5. The van der Waals surface area contributed by atoms with Crippen LogP contribution in [-0.2, 0) is 6.42 Å². The first kappa shape index (κ1) is 13.4. The van der Waals surface area contributed by atoms with Gasteiger partial charge in [0, 0.05) is 12.1 Å². The van der Waals surface area contributed by atoms with Crippen LogP contribution in [0.25, 0.3) is 0 Å². The summed E-state index contributed by atoms with van der Waals surface area (Å²) in [6.07, 6.45) is 2.14. The molecule has 0 spiro atoms. The van der Waals surface area contributed by atoms with E-state index < -0.39 is 0 Å². The summed E-state index contributed by atoms with van der Waals surface area (Å²) >= 11 is 0. The Bertz CT molecular complexity index is 499. The molecule has 0 saturated heterocycles. The van der Waals surface area contributed by atoms with E-state index in [1.165, 1.54) is 5.56 Å². The number of benzene rings is 1. The second-order valence-corrected chi connectivity index (χ2v) is 4.63. The molecule has 0 aliphatic carbocycles. The fourth-order valence-electron chi connectivity index (χ4n) is 1.96. The first-order valence-electron chi connectivity index (χ1n) is 6.59. The van der Waals surface area contributed by atoms with Crippen molar-refractivity contribution in [3.05, 3.63) is 54.1 Å². The smallest absolute Gasteiger partial charge is 0.214 e. The van der Waals surface area contributed by atoms with Crippen molar-refractivity contribution in [1.82, 2.24) is 4.98 Å². The predicted molar refractivity (Wildman–Crippen MR) is 78.6 cm³/mol. The van der Waals surface area contributed by atoms with Gasteiger partial charge in [-0.15, -0.1) is 0 Å². The van der Waals surface area contributed by atoms with Gasteiger partial charge >= 0.3 is 0 Å². The lowest BCUT2D eigenvalue weighted by atomic mass is 10.1. The summed E-state index contributed by atoms with van der Waals surface area (Å²) in [5.74, 6) is 1.50. The Hall–Kier alpha value is -2.03. The quantitative estimate of drug-likeness (QED) is 0.858. The summed E-state index contributed by atoms with van der Waals surface area (Å²) in [7, 11) is 1.63. The van der Waals surface area contributed by atoms with E-state index in [0.29, 0.717) is 11.9 Å². The number of nitrogens with one attached hydrogen (secondary N) is 1. The standard InChI is InChI=1S/C16H20N2O/c1-13(11-12-14-7-4-3-5-8-14)17-15-9-6-10-16(18-15)19-2/h3-10,13H,11-12H2,1-2H3,(H,17,18). The summed E-state index contributed by atoms with van der Waals surface area (Å²) in [6.45, 7) is 2.17. The Kier molecular flexibility index (Phi) is 4.78. The zero-order valence-electron chi connectivity index (χ0n) is 11.5.